The van der Waals surface area contributed by atoms with Gasteiger partial charge in [-0.25, -0.2) is 9.37 Å². The lowest BCUT2D eigenvalue weighted by Gasteiger charge is -2.06. The van der Waals surface area contributed by atoms with Crippen LogP contribution in [0.5, 0.6) is 0 Å². The molecule has 2 aromatic rings. The Morgan fingerprint density at radius 1 is 1.47 bits per heavy atom. The molecule has 0 amide bonds. The topological polar surface area (TPSA) is 50.2 Å². The van der Waals surface area contributed by atoms with Crippen LogP contribution in [0.3, 0.4) is 0 Å². The van der Waals surface area contributed by atoms with Crippen LogP contribution < -0.4 is 0 Å². The van der Waals surface area contributed by atoms with Crippen molar-refractivity contribution in [1.29, 1.82) is 0 Å². The lowest BCUT2D eigenvalue weighted by atomic mass is 10.1. The van der Waals surface area contributed by atoms with E-state index in [1.165, 1.54) is 6.07 Å². The minimum absolute atomic E-state index is 0.170. The monoisotopic (exact) mass is 253 g/mol. The molecule has 0 aliphatic rings. The highest BCUT2D eigenvalue weighted by Gasteiger charge is 2.11. The van der Waals surface area contributed by atoms with Gasteiger partial charge in [0.25, 0.3) is 0 Å². The fourth-order valence-corrected chi connectivity index (χ4v) is 2.00. The third-order valence-corrected chi connectivity index (χ3v) is 2.67. The Bertz CT molecular complexity index is 613. The highest BCUT2D eigenvalue weighted by Crippen LogP contribution is 2.26. The molecule has 5 heteroatoms. The Balaban J connectivity index is 2.68. The van der Waals surface area contributed by atoms with Gasteiger partial charge in [-0.3, -0.25) is 4.79 Å². The van der Waals surface area contributed by atoms with Crippen LogP contribution in [0, 0.1) is 12.7 Å². The van der Waals surface area contributed by atoms with Crippen molar-refractivity contribution in [3.05, 3.63) is 40.3 Å². The summed E-state index contributed by atoms with van der Waals surface area (Å²) in [5.41, 5.74) is 1.16. The highest BCUT2D eigenvalue weighted by atomic mass is 35.5. The fraction of sp³-hybridized carbons (Fsp3) is 0.167. The summed E-state index contributed by atoms with van der Waals surface area (Å²) in [5, 5.41) is 9.48. The first-order valence-corrected chi connectivity index (χ1v) is 5.32. The number of nitrogens with zero attached hydrogens (tertiary/aromatic N) is 1. The Labute approximate surface area is 102 Å². The predicted octanol–water partition coefficient (Wildman–Crippen LogP) is 2.96. The van der Waals surface area contributed by atoms with Gasteiger partial charge in [-0.2, -0.15) is 0 Å². The summed E-state index contributed by atoms with van der Waals surface area (Å²) in [4.78, 5) is 14.6. The van der Waals surface area contributed by atoms with Crippen LogP contribution in [0.25, 0.3) is 10.9 Å². The Hall–Kier alpha value is -1.68. The van der Waals surface area contributed by atoms with Crippen LogP contribution in [0.15, 0.2) is 18.2 Å². The van der Waals surface area contributed by atoms with E-state index in [4.69, 9.17) is 16.7 Å². The van der Waals surface area contributed by atoms with Gasteiger partial charge in [0.1, 0.15) is 11.3 Å². The number of hydrogen-bond donors (Lipinski definition) is 1. The lowest BCUT2D eigenvalue weighted by Crippen LogP contribution is -2.01. The number of fused-ring (bicyclic) bond motifs is 1. The summed E-state index contributed by atoms with van der Waals surface area (Å²) in [6.07, 6.45) is -0.239. The van der Waals surface area contributed by atoms with E-state index in [2.05, 4.69) is 4.98 Å². The van der Waals surface area contributed by atoms with E-state index in [0.29, 0.717) is 21.7 Å². The van der Waals surface area contributed by atoms with Gasteiger partial charge in [0.15, 0.2) is 0 Å². The van der Waals surface area contributed by atoms with Gasteiger partial charge in [0.05, 0.1) is 11.4 Å². The average Bonchev–Trinajstić information content (AvgIpc) is 2.19. The second-order valence-electron chi connectivity index (χ2n) is 3.79. The van der Waals surface area contributed by atoms with Gasteiger partial charge in [0, 0.05) is 11.1 Å². The van der Waals surface area contributed by atoms with Crippen LogP contribution in [0.4, 0.5) is 4.39 Å². The molecule has 0 fully saturated rings. The standard InChI is InChI=1S/C12H9ClFNO2/c1-6-2-9(13)8-3-7(5-11(16)17)4-10(14)12(8)15-6/h2-4H,5H2,1H3,(H,16,17). The van der Waals surface area contributed by atoms with E-state index < -0.39 is 11.8 Å². The van der Waals surface area contributed by atoms with E-state index in [9.17, 15) is 9.18 Å². The molecule has 0 bridgehead atoms. The lowest BCUT2D eigenvalue weighted by molar-refractivity contribution is -0.136. The number of rotatable bonds is 2. The van der Waals surface area contributed by atoms with Crippen LogP contribution in [-0.2, 0) is 11.2 Å². The van der Waals surface area contributed by atoms with Crippen molar-refractivity contribution in [3.8, 4) is 0 Å². The number of carboxylic acid groups (broad SMARTS) is 1. The molecule has 3 nitrogen and oxygen atoms in total. The van der Waals surface area contributed by atoms with Crippen LogP contribution in [0.2, 0.25) is 5.02 Å². The van der Waals surface area contributed by atoms with Gasteiger partial charge in [-0.05, 0) is 30.7 Å². The number of hydrogen-bond acceptors (Lipinski definition) is 2. The molecule has 1 aromatic heterocycles. The molecule has 1 heterocycles. The summed E-state index contributed by atoms with van der Waals surface area (Å²) in [6, 6.07) is 4.36. The number of carboxylic acids is 1. The SMILES string of the molecule is Cc1cc(Cl)c2cc(CC(=O)O)cc(F)c2n1. The smallest absolute Gasteiger partial charge is 0.307 e. The molecule has 17 heavy (non-hydrogen) atoms. The quantitative estimate of drug-likeness (QED) is 0.895. The zero-order valence-electron chi connectivity index (χ0n) is 9.00. The fourth-order valence-electron chi connectivity index (χ4n) is 1.70. The third kappa shape index (κ3) is 2.36. The highest BCUT2D eigenvalue weighted by molar-refractivity contribution is 6.35. The number of benzene rings is 1. The molecule has 0 aliphatic heterocycles. The summed E-state index contributed by atoms with van der Waals surface area (Å²) in [6.45, 7) is 1.72. The molecular weight excluding hydrogens is 245 g/mol. The zero-order chi connectivity index (χ0) is 12.6. The van der Waals surface area contributed by atoms with Crippen LogP contribution in [-0.4, -0.2) is 16.1 Å². The summed E-state index contributed by atoms with van der Waals surface area (Å²) in [7, 11) is 0. The number of aryl methyl sites for hydroxylation is 1. The summed E-state index contributed by atoms with van der Waals surface area (Å²) < 4.78 is 13.7. The summed E-state index contributed by atoms with van der Waals surface area (Å²) >= 11 is 5.99. The number of pyridine rings is 1. The second-order valence-corrected chi connectivity index (χ2v) is 4.20. The molecule has 1 aromatic carbocycles. The molecular formula is C12H9ClFNO2. The minimum atomic E-state index is -1.01. The van der Waals surface area contributed by atoms with Crippen molar-refractivity contribution in [2.45, 2.75) is 13.3 Å². The molecule has 0 atom stereocenters. The third-order valence-electron chi connectivity index (χ3n) is 2.36. The van der Waals surface area contributed by atoms with Gasteiger partial charge >= 0.3 is 5.97 Å². The summed E-state index contributed by atoms with van der Waals surface area (Å²) in [5.74, 6) is -1.57. The Kier molecular flexibility index (Phi) is 2.98. The predicted molar refractivity (Wildman–Crippen MR) is 62.8 cm³/mol. The molecule has 0 spiro atoms. The number of carbonyl (C=O) groups is 1. The van der Waals surface area contributed by atoms with Crippen molar-refractivity contribution < 1.29 is 14.3 Å². The maximum atomic E-state index is 13.7. The largest absolute Gasteiger partial charge is 0.481 e. The molecule has 1 N–H and O–H groups in total. The average molecular weight is 254 g/mol. The van der Waals surface area contributed by atoms with Gasteiger partial charge < -0.3 is 5.11 Å². The Morgan fingerprint density at radius 2 is 2.18 bits per heavy atom. The minimum Gasteiger partial charge on any atom is -0.481 e. The van der Waals surface area contributed by atoms with Crippen molar-refractivity contribution >= 4 is 28.5 Å². The first-order valence-electron chi connectivity index (χ1n) is 4.94. The van der Waals surface area contributed by atoms with E-state index >= 15 is 0 Å². The first-order chi connectivity index (χ1) is 7.97. The molecule has 88 valence electrons. The van der Waals surface area contributed by atoms with Crippen molar-refractivity contribution in [1.82, 2.24) is 4.98 Å². The maximum absolute atomic E-state index is 13.7. The Morgan fingerprint density at radius 3 is 2.82 bits per heavy atom. The van der Waals surface area contributed by atoms with E-state index in [-0.39, 0.29) is 11.9 Å². The maximum Gasteiger partial charge on any atom is 0.307 e. The van der Waals surface area contributed by atoms with Crippen LogP contribution in [0.1, 0.15) is 11.3 Å². The van der Waals surface area contributed by atoms with E-state index in [1.807, 2.05) is 0 Å². The number of aliphatic carboxylic acids is 1. The van der Waals surface area contributed by atoms with Gasteiger partial charge in [-0.15, -0.1) is 0 Å². The molecule has 0 radical (unpaired) electrons. The van der Waals surface area contributed by atoms with Gasteiger partial charge in [-0.1, -0.05) is 11.6 Å². The zero-order valence-corrected chi connectivity index (χ0v) is 9.75. The van der Waals surface area contributed by atoms with Crippen molar-refractivity contribution in [3.63, 3.8) is 0 Å². The van der Waals surface area contributed by atoms with E-state index in [0.717, 1.165) is 0 Å². The molecule has 2 rings (SSSR count). The normalized spacial score (nSPS) is 10.8. The molecule has 0 aliphatic carbocycles. The van der Waals surface area contributed by atoms with E-state index in [1.54, 1.807) is 19.1 Å². The number of halogens is 2. The van der Waals surface area contributed by atoms with Gasteiger partial charge in [0.2, 0.25) is 0 Å². The number of aromatic nitrogens is 1. The first kappa shape index (κ1) is 11.8. The molecule has 0 unspecified atom stereocenters. The van der Waals surface area contributed by atoms with Crippen molar-refractivity contribution in [2.75, 3.05) is 0 Å². The van der Waals surface area contributed by atoms with Crippen LogP contribution >= 0.6 is 11.6 Å². The van der Waals surface area contributed by atoms with Crippen molar-refractivity contribution in [2.24, 2.45) is 0 Å². The second kappa shape index (κ2) is 4.30. The molecule has 0 saturated heterocycles. The molecule has 0 saturated carbocycles.